The molecule has 0 unspecified atom stereocenters. The second-order valence-electron chi connectivity index (χ2n) is 6.53. The van der Waals surface area contributed by atoms with Crippen LogP contribution in [0.4, 0.5) is 5.69 Å². The average molecular weight is 401 g/mol. The van der Waals surface area contributed by atoms with Crippen LogP contribution in [-0.4, -0.2) is 26.1 Å². The van der Waals surface area contributed by atoms with Crippen molar-refractivity contribution in [3.63, 3.8) is 0 Å². The Hall–Kier alpha value is -3.45. The van der Waals surface area contributed by atoms with Crippen LogP contribution in [0.25, 0.3) is 6.08 Å². The summed E-state index contributed by atoms with van der Waals surface area (Å²) in [7, 11) is 0. The van der Waals surface area contributed by atoms with Gasteiger partial charge in [-0.1, -0.05) is 59.3 Å². The Bertz CT molecular complexity index is 1100. The molecule has 1 amide bonds. The van der Waals surface area contributed by atoms with Gasteiger partial charge in [0, 0.05) is 0 Å². The van der Waals surface area contributed by atoms with E-state index in [4.69, 9.17) is 0 Å². The quantitative estimate of drug-likeness (QED) is 0.654. The molecular formula is C22H19N5OS. The summed E-state index contributed by atoms with van der Waals surface area (Å²) in [5.41, 5.74) is 3.87. The number of benzene rings is 2. The highest BCUT2D eigenvalue weighted by Crippen LogP contribution is 2.26. The maximum absolute atomic E-state index is 12.1. The smallest absolute Gasteiger partial charge is 0.264 e. The zero-order valence-electron chi connectivity index (χ0n) is 15.8. The van der Waals surface area contributed by atoms with Gasteiger partial charge in [0.25, 0.3) is 5.91 Å². The predicted molar refractivity (Wildman–Crippen MR) is 117 cm³/mol. The van der Waals surface area contributed by atoms with Gasteiger partial charge >= 0.3 is 0 Å². The molecule has 0 radical (unpaired) electrons. The maximum atomic E-state index is 12.1. The normalized spacial score (nSPS) is 16.8. The number of carbonyl (C=O) groups excluding carboxylic acids is 1. The number of carbonyl (C=O) groups is 1. The Morgan fingerprint density at radius 3 is 2.72 bits per heavy atom. The SMILES string of the molecule is Cc1ccc(N=C2NC(=O)/C(=C\C=C\c3cn(Cc4ccccc4)nn3)S2)cc1. The zero-order valence-corrected chi connectivity index (χ0v) is 16.6. The Labute approximate surface area is 173 Å². The van der Waals surface area contributed by atoms with Crippen LogP contribution < -0.4 is 5.32 Å². The number of amidine groups is 1. The van der Waals surface area contributed by atoms with Gasteiger partial charge in [0.15, 0.2) is 5.17 Å². The number of allylic oxidation sites excluding steroid dienone is 2. The molecule has 1 aliphatic rings. The van der Waals surface area contributed by atoms with Crippen molar-refractivity contribution in [2.24, 2.45) is 4.99 Å². The van der Waals surface area contributed by atoms with Crippen molar-refractivity contribution in [2.75, 3.05) is 0 Å². The van der Waals surface area contributed by atoms with Crippen LogP contribution in [0.2, 0.25) is 0 Å². The highest BCUT2D eigenvalue weighted by atomic mass is 32.2. The molecule has 0 atom stereocenters. The molecule has 0 saturated carbocycles. The van der Waals surface area contributed by atoms with Gasteiger partial charge in [-0.15, -0.1) is 5.10 Å². The van der Waals surface area contributed by atoms with E-state index >= 15 is 0 Å². The van der Waals surface area contributed by atoms with Gasteiger partial charge in [-0.2, -0.15) is 0 Å². The number of nitrogens with one attached hydrogen (secondary N) is 1. The van der Waals surface area contributed by atoms with E-state index in [0.717, 1.165) is 16.9 Å². The number of aromatic nitrogens is 3. The average Bonchev–Trinajstić information content (AvgIpc) is 3.31. The summed E-state index contributed by atoms with van der Waals surface area (Å²) in [6, 6.07) is 17.9. The number of aryl methyl sites for hydroxylation is 1. The number of thioether (sulfide) groups is 1. The van der Waals surface area contributed by atoms with Crippen LogP contribution >= 0.6 is 11.8 Å². The van der Waals surface area contributed by atoms with Crippen LogP contribution in [0.3, 0.4) is 0 Å². The molecule has 6 nitrogen and oxygen atoms in total. The number of hydrogen-bond donors (Lipinski definition) is 1. The van der Waals surface area contributed by atoms with E-state index < -0.39 is 0 Å². The number of aliphatic imine (C=N–C) groups is 1. The lowest BCUT2D eigenvalue weighted by Gasteiger charge is -1.98. The van der Waals surface area contributed by atoms with Gasteiger partial charge in [0.1, 0.15) is 5.69 Å². The van der Waals surface area contributed by atoms with E-state index in [1.54, 1.807) is 16.8 Å². The van der Waals surface area contributed by atoms with Crippen LogP contribution in [0, 0.1) is 6.92 Å². The Morgan fingerprint density at radius 1 is 1.14 bits per heavy atom. The standard InChI is InChI=1S/C22H19N5OS/c1-16-10-12-18(13-11-16)23-22-24-21(28)20(29-22)9-5-8-19-15-27(26-25-19)14-17-6-3-2-4-7-17/h2-13,15H,14H2,1H3,(H,23,24,28)/b8-5+,20-9+. The lowest BCUT2D eigenvalue weighted by Crippen LogP contribution is -2.19. The second kappa shape index (κ2) is 8.70. The van der Waals surface area contributed by atoms with E-state index in [0.29, 0.717) is 16.6 Å². The van der Waals surface area contributed by atoms with Crippen LogP contribution in [0.15, 0.2) is 82.8 Å². The minimum absolute atomic E-state index is 0.154. The summed E-state index contributed by atoms with van der Waals surface area (Å²) in [5.74, 6) is -0.154. The lowest BCUT2D eigenvalue weighted by atomic mass is 10.2. The molecule has 2 heterocycles. The highest BCUT2D eigenvalue weighted by Gasteiger charge is 2.23. The molecule has 1 aliphatic heterocycles. The Balaban J connectivity index is 1.39. The molecular weight excluding hydrogens is 382 g/mol. The van der Waals surface area contributed by atoms with E-state index in [2.05, 4.69) is 20.6 Å². The van der Waals surface area contributed by atoms with Gasteiger partial charge < -0.3 is 5.32 Å². The van der Waals surface area contributed by atoms with Crippen molar-refractivity contribution in [1.82, 2.24) is 20.3 Å². The first-order chi connectivity index (χ1) is 14.2. The number of hydrogen-bond acceptors (Lipinski definition) is 5. The topological polar surface area (TPSA) is 72.2 Å². The summed E-state index contributed by atoms with van der Waals surface area (Å²) in [6.07, 6.45) is 7.25. The third kappa shape index (κ3) is 5.08. The lowest BCUT2D eigenvalue weighted by molar-refractivity contribution is -0.115. The molecule has 1 N–H and O–H groups in total. The first-order valence-electron chi connectivity index (χ1n) is 9.13. The number of rotatable bonds is 5. The Kier molecular flexibility index (Phi) is 5.67. The van der Waals surface area contributed by atoms with E-state index in [9.17, 15) is 4.79 Å². The fraction of sp³-hybridized carbons (Fsp3) is 0.0909. The molecule has 29 heavy (non-hydrogen) atoms. The fourth-order valence-corrected chi connectivity index (χ4v) is 3.50. The molecule has 144 valence electrons. The van der Waals surface area contributed by atoms with Gasteiger partial charge in [-0.25, -0.2) is 9.67 Å². The third-order valence-corrected chi connectivity index (χ3v) is 5.10. The molecule has 1 fully saturated rings. The highest BCUT2D eigenvalue weighted by molar-refractivity contribution is 8.18. The van der Waals surface area contributed by atoms with Crippen LogP contribution in [-0.2, 0) is 11.3 Å². The van der Waals surface area contributed by atoms with E-state index in [1.165, 1.54) is 17.3 Å². The second-order valence-corrected chi connectivity index (χ2v) is 7.56. The molecule has 1 aromatic heterocycles. The first kappa shape index (κ1) is 18.9. The van der Waals surface area contributed by atoms with Crippen molar-refractivity contribution in [1.29, 1.82) is 0 Å². The molecule has 0 aliphatic carbocycles. The summed E-state index contributed by atoms with van der Waals surface area (Å²) in [5, 5.41) is 11.6. The monoisotopic (exact) mass is 401 g/mol. The molecule has 7 heteroatoms. The van der Waals surface area contributed by atoms with Crippen molar-refractivity contribution < 1.29 is 4.79 Å². The summed E-state index contributed by atoms with van der Waals surface area (Å²) >= 11 is 1.32. The summed E-state index contributed by atoms with van der Waals surface area (Å²) in [6.45, 7) is 2.69. The Morgan fingerprint density at radius 2 is 1.93 bits per heavy atom. The van der Waals surface area contributed by atoms with E-state index in [-0.39, 0.29) is 5.91 Å². The van der Waals surface area contributed by atoms with Crippen molar-refractivity contribution in [2.45, 2.75) is 13.5 Å². The number of nitrogens with zero attached hydrogens (tertiary/aromatic N) is 4. The van der Waals surface area contributed by atoms with Crippen molar-refractivity contribution in [3.05, 3.63) is 94.7 Å². The van der Waals surface area contributed by atoms with Crippen LogP contribution in [0.1, 0.15) is 16.8 Å². The predicted octanol–water partition coefficient (Wildman–Crippen LogP) is 4.08. The van der Waals surface area contributed by atoms with Crippen LogP contribution in [0.5, 0.6) is 0 Å². The fourth-order valence-electron chi connectivity index (χ4n) is 2.70. The number of amides is 1. The minimum atomic E-state index is -0.154. The molecule has 3 aromatic rings. The van der Waals surface area contributed by atoms with Gasteiger partial charge in [0.05, 0.1) is 23.3 Å². The molecule has 0 spiro atoms. The maximum Gasteiger partial charge on any atom is 0.264 e. The molecule has 0 bridgehead atoms. The molecule has 1 saturated heterocycles. The molecule has 2 aromatic carbocycles. The summed E-state index contributed by atoms with van der Waals surface area (Å²) < 4.78 is 1.78. The minimum Gasteiger partial charge on any atom is -0.300 e. The first-order valence-corrected chi connectivity index (χ1v) is 9.94. The zero-order chi connectivity index (χ0) is 20.1. The van der Waals surface area contributed by atoms with E-state index in [1.807, 2.05) is 73.8 Å². The van der Waals surface area contributed by atoms with Gasteiger partial charge in [-0.05, 0) is 48.5 Å². The molecule has 4 rings (SSSR count). The summed E-state index contributed by atoms with van der Waals surface area (Å²) in [4.78, 5) is 17.2. The van der Waals surface area contributed by atoms with Crippen molar-refractivity contribution >= 4 is 34.6 Å². The largest absolute Gasteiger partial charge is 0.300 e. The van der Waals surface area contributed by atoms with Gasteiger partial charge in [0.2, 0.25) is 0 Å². The third-order valence-electron chi connectivity index (χ3n) is 4.17. The van der Waals surface area contributed by atoms with Gasteiger partial charge in [-0.3, -0.25) is 4.79 Å². The van der Waals surface area contributed by atoms with Crippen molar-refractivity contribution in [3.8, 4) is 0 Å².